The maximum Gasteiger partial charge on any atom is 0.240 e. The Morgan fingerprint density at radius 3 is 2.89 bits per heavy atom. The number of anilines is 1. The van der Waals surface area contributed by atoms with Crippen molar-refractivity contribution in [3.8, 4) is 0 Å². The maximum atomic E-state index is 11.9. The molecule has 2 heterocycles. The SMILES string of the molecule is CCc1nn(C)c2c1nc(N)n2CC(=O)NC1CC1. The molecular formula is C12H18N6O. The van der Waals surface area contributed by atoms with E-state index < -0.39 is 0 Å². The molecule has 0 radical (unpaired) electrons. The van der Waals surface area contributed by atoms with Crippen molar-refractivity contribution in [3.05, 3.63) is 5.69 Å². The lowest BCUT2D eigenvalue weighted by molar-refractivity contribution is -0.121. The van der Waals surface area contributed by atoms with Gasteiger partial charge in [-0.05, 0) is 19.3 Å². The number of nitrogens with zero attached hydrogens (tertiary/aromatic N) is 4. The van der Waals surface area contributed by atoms with Gasteiger partial charge >= 0.3 is 0 Å². The first-order valence-corrected chi connectivity index (χ1v) is 6.57. The van der Waals surface area contributed by atoms with E-state index in [0.717, 1.165) is 36.1 Å². The minimum atomic E-state index is -0.0206. The second-order valence-corrected chi connectivity index (χ2v) is 4.99. The van der Waals surface area contributed by atoms with Crippen molar-refractivity contribution in [1.29, 1.82) is 0 Å². The molecule has 3 rings (SSSR count). The first kappa shape index (κ1) is 12.0. The van der Waals surface area contributed by atoms with E-state index in [0.29, 0.717) is 12.0 Å². The summed E-state index contributed by atoms with van der Waals surface area (Å²) in [5, 5.41) is 7.35. The minimum absolute atomic E-state index is 0.0206. The zero-order chi connectivity index (χ0) is 13.6. The molecule has 0 bridgehead atoms. The van der Waals surface area contributed by atoms with Gasteiger partial charge in [0.05, 0.1) is 5.69 Å². The maximum absolute atomic E-state index is 11.9. The van der Waals surface area contributed by atoms with E-state index in [1.165, 1.54) is 0 Å². The second-order valence-electron chi connectivity index (χ2n) is 4.99. The summed E-state index contributed by atoms with van der Waals surface area (Å²) in [6, 6.07) is 0.352. The van der Waals surface area contributed by atoms with E-state index in [9.17, 15) is 4.79 Å². The van der Waals surface area contributed by atoms with Gasteiger partial charge in [-0.1, -0.05) is 6.92 Å². The molecule has 0 spiro atoms. The number of aryl methyl sites for hydroxylation is 2. The number of hydrogen-bond acceptors (Lipinski definition) is 4. The number of nitrogen functional groups attached to an aromatic ring is 1. The van der Waals surface area contributed by atoms with E-state index in [2.05, 4.69) is 15.4 Å². The number of imidazole rings is 1. The summed E-state index contributed by atoms with van der Waals surface area (Å²) in [5.41, 5.74) is 8.42. The van der Waals surface area contributed by atoms with Gasteiger partial charge in [-0.2, -0.15) is 5.10 Å². The van der Waals surface area contributed by atoms with Crippen molar-refractivity contribution in [2.24, 2.45) is 7.05 Å². The van der Waals surface area contributed by atoms with Crippen molar-refractivity contribution in [1.82, 2.24) is 24.6 Å². The van der Waals surface area contributed by atoms with E-state index in [1.807, 2.05) is 14.0 Å². The smallest absolute Gasteiger partial charge is 0.240 e. The van der Waals surface area contributed by atoms with E-state index in [1.54, 1.807) is 9.25 Å². The van der Waals surface area contributed by atoms with Crippen LogP contribution in [0, 0.1) is 0 Å². The summed E-state index contributed by atoms with van der Waals surface area (Å²) in [4.78, 5) is 16.2. The van der Waals surface area contributed by atoms with E-state index in [4.69, 9.17) is 5.73 Å². The largest absolute Gasteiger partial charge is 0.369 e. The molecule has 2 aromatic heterocycles. The molecule has 3 N–H and O–H groups in total. The van der Waals surface area contributed by atoms with Crippen molar-refractivity contribution in [2.75, 3.05) is 5.73 Å². The van der Waals surface area contributed by atoms with E-state index >= 15 is 0 Å². The molecule has 1 saturated carbocycles. The Bertz CT molecular complexity index is 636. The van der Waals surface area contributed by atoms with Crippen LogP contribution < -0.4 is 11.1 Å². The highest BCUT2D eigenvalue weighted by Gasteiger charge is 2.24. The average Bonchev–Trinajstić information content (AvgIpc) is 3.04. The summed E-state index contributed by atoms with van der Waals surface area (Å²) < 4.78 is 3.46. The van der Waals surface area contributed by atoms with Crippen molar-refractivity contribution in [2.45, 2.75) is 38.8 Å². The minimum Gasteiger partial charge on any atom is -0.369 e. The van der Waals surface area contributed by atoms with Crippen LogP contribution in [0.4, 0.5) is 5.95 Å². The summed E-state index contributed by atoms with van der Waals surface area (Å²) in [7, 11) is 1.85. The monoisotopic (exact) mass is 262 g/mol. The van der Waals surface area contributed by atoms with Gasteiger partial charge in [0.25, 0.3) is 0 Å². The molecule has 1 amide bonds. The molecule has 0 atom stereocenters. The molecule has 0 unspecified atom stereocenters. The Hall–Kier alpha value is -2.05. The molecule has 102 valence electrons. The number of carbonyl (C=O) groups is 1. The number of rotatable bonds is 4. The number of hydrogen-bond donors (Lipinski definition) is 2. The first-order chi connectivity index (χ1) is 9.10. The quantitative estimate of drug-likeness (QED) is 0.823. The van der Waals surface area contributed by atoms with Crippen LogP contribution in [0.25, 0.3) is 11.2 Å². The predicted molar refractivity (Wildman–Crippen MR) is 71.5 cm³/mol. The van der Waals surface area contributed by atoms with Gasteiger partial charge in [0.15, 0.2) is 5.65 Å². The molecule has 2 aromatic rings. The lowest BCUT2D eigenvalue weighted by atomic mass is 10.3. The lowest BCUT2D eigenvalue weighted by Crippen LogP contribution is -2.29. The Balaban J connectivity index is 1.95. The number of aromatic nitrogens is 4. The lowest BCUT2D eigenvalue weighted by Gasteiger charge is -2.07. The molecule has 1 aliphatic carbocycles. The van der Waals surface area contributed by atoms with Gasteiger partial charge in [0.2, 0.25) is 11.9 Å². The Morgan fingerprint density at radius 1 is 1.53 bits per heavy atom. The predicted octanol–water partition coefficient (Wildman–Crippen LogP) is 0.193. The van der Waals surface area contributed by atoms with Crippen LogP contribution in [-0.4, -0.2) is 31.3 Å². The molecule has 1 aliphatic rings. The van der Waals surface area contributed by atoms with Crippen LogP contribution in [0.3, 0.4) is 0 Å². The van der Waals surface area contributed by atoms with Crippen LogP contribution in [-0.2, 0) is 24.8 Å². The summed E-state index contributed by atoms with van der Waals surface area (Å²) in [5.74, 6) is 0.344. The third-order valence-corrected chi connectivity index (χ3v) is 3.40. The second kappa shape index (κ2) is 4.25. The standard InChI is InChI=1S/C12H18N6O/c1-3-8-10-11(17(2)16-8)18(12(13)15-10)6-9(19)14-7-4-5-7/h7H,3-6H2,1-2H3,(H2,13,15)(H,14,19). The number of fused-ring (bicyclic) bond motifs is 1. The number of amides is 1. The molecule has 0 aliphatic heterocycles. The van der Waals surface area contributed by atoms with Crippen molar-refractivity contribution < 1.29 is 4.79 Å². The van der Waals surface area contributed by atoms with Gasteiger partial charge in [-0.25, -0.2) is 4.98 Å². The van der Waals surface area contributed by atoms with Gasteiger partial charge in [-0.15, -0.1) is 0 Å². The third kappa shape index (κ3) is 2.05. The highest BCUT2D eigenvalue weighted by molar-refractivity contribution is 5.82. The fourth-order valence-corrected chi connectivity index (χ4v) is 2.30. The Morgan fingerprint density at radius 2 is 2.26 bits per heavy atom. The fraction of sp³-hybridized carbons (Fsp3) is 0.583. The highest BCUT2D eigenvalue weighted by Crippen LogP contribution is 2.22. The molecule has 7 heteroatoms. The summed E-state index contributed by atoms with van der Waals surface area (Å²) in [6.07, 6.45) is 2.95. The van der Waals surface area contributed by atoms with Crippen LogP contribution in [0.2, 0.25) is 0 Å². The normalized spacial score (nSPS) is 15.1. The number of nitrogens with one attached hydrogen (secondary N) is 1. The van der Waals surface area contributed by atoms with Crippen LogP contribution in [0.1, 0.15) is 25.5 Å². The van der Waals surface area contributed by atoms with Crippen molar-refractivity contribution >= 4 is 23.0 Å². The summed E-state index contributed by atoms with van der Waals surface area (Å²) >= 11 is 0. The molecule has 0 saturated heterocycles. The van der Waals surface area contributed by atoms with Crippen LogP contribution >= 0.6 is 0 Å². The van der Waals surface area contributed by atoms with Gasteiger partial charge in [-0.3, -0.25) is 14.0 Å². The number of nitrogens with two attached hydrogens (primary N) is 1. The molecule has 0 aromatic carbocycles. The molecule has 1 fully saturated rings. The highest BCUT2D eigenvalue weighted by atomic mass is 16.2. The molecule has 7 nitrogen and oxygen atoms in total. The Kier molecular flexibility index (Phi) is 2.69. The summed E-state index contributed by atoms with van der Waals surface area (Å²) in [6.45, 7) is 2.22. The van der Waals surface area contributed by atoms with Crippen molar-refractivity contribution in [3.63, 3.8) is 0 Å². The Labute approximate surface area is 110 Å². The molecule has 19 heavy (non-hydrogen) atoms. The zero-order valence-corrected chi connectivity index (χ0v) is 11.2. The van der Waals surface area contributed by atoms with Gasteiger partial charge < -0.3 is 11.1 Å². The topological polar surface area (TPSA) is 90.8 Å². The zero-order valence-electron chi connectivity index (χ0n) is 11.2. The van der Waals surface area contributed by atoms with E-state index in [-0.39, 0.29) is 12.5 Å². The van der Waals surface area contributed by atoms with Gasteiger partial charge in [0, 0.05) is 13.1 Å². The third-order valence-electron chi connectivity index (χ3n) is 3.40. The van der Waals surface area contributed by atoms with Gasteiger partial charge in [0.1, 0.15) is 12.1 Å². The first-order valence-electron chi connectivity index (χ1n) is 6.57. The fourth-order valence-electron chi connectivity index (χ4n) is 2.30. The van der Waals surface area contributed by atoms with Crippen LogP contribution in [0.5, 0.6) is 0 Å². The molecular weight excluding hydrogens is 244 g/mol. The van der Waals surface area contributed by atoms with Crippen LogP contribution in [0.15, 0.2) is 0 Å². The average molecular weight is 262 g/mol. The number of carbonyl (C=O) groups excluding carboxylic acids is 1.